The monoisotopic (exact) mass is 457 g/mol. The van der Waals surface area contributed by atoms with Crippen molar-refractivity contribution in [2.45, 2.75) is 39.0 Å². The summed E-state index contributed by atoms with van der Waals surface area (Å²) in [4.78, 5) is 11.0. The third kappa shape index (κ3) is 5.69. The van der Waals surface area contributed by atoms with Gasteiger partial charge in [0.25, 0.3) is 0 Å². The average Bonchev–Trinajstić information content (AvgIpc) is 3.05. The van der Waals surface area contributed by atoms with E-state index in [1.807, 2.05) is 24.3 Å². The summed E-state index contributed by atoms with van der Waals surface area (Å²) in [5.74, 6) is -0.399. The quantitative estimate of drug-likeness (QED) is 0.269. The number of rotatable bonds is 10. The van der Waals surface area contributed by atoms with Crippen molar-refractivity contribution in [2.75, 3.05) is 17.1 Å². The predicted octanol–water partition coefficient (Wildman–Crippen LogP) is 4.38. The molecule has 0 bridgehead atoms. The molecule has 0 atom stereocenters. The minimum absolute atomic E-state index is 0.266. The van der Waals surface area contributed by atoms with E-state index in [-0.39, 0.29) is 6.42 Å². The Labute approximate surface area is 189 Å². The highest BCUT2D eigenvalue weighted by atomic mass is 32.2. The minimum atomic E-state index is -3.40. The molecule has 1 aromatic heterocycles. The first-order valence-corrected chi connectivity index (χ1v) is 12.6. The number of unbranched alkanes of at least 4 members (excludes halogenated alkanes) is 3. The number of nitrogens with one attached hydrogen (secondary N) is 1. The number of amides is 1. The maximum atomic E-state index is 12.4. The fourth-order valence-electron chi connectivity index (χ4n) is 3.92. The van der Waals surface area contributed by atoms with Crippen molar-refractivity contribution < 1.29 is 18.4 Å². The van der Waals surface area contributed by atoms with E-state index in [2.05, 4.69) is 42.8 Å². The summed E-state index contributed by atoms with van der Waals surface area (Å²) in [6.45, 7) is 2.47. The number of fused-ring (bicyclic) bond motifs is 1. The van der Waals surface area contributed by atoms with E-state index in [0.717, 1.165) is 24.0 Å². The third-order valence-electron chi connectivity index (χ3n) is 5.81. The maximum absolute atomic E-state index is 12.4. The molecule has 7 nitrogen and oxygen atoms in total. The van der Waals surface area contributed by atoms with E-state index in [0.29, 0.717) is 25.1 Å². The molecule has 0 unspecified atom stereocenters. The number of hydroxylamine groups is 1. The molecular formula is C24H31N3O4S. The number of sulfonamides is 1. The SMILES string of the molecule is Cc1cc2cc(-c3ccc(N(CCCCCCC(=O)NO)S(C)(=O)=O)cc3)ccc2n1C. The van der Waals surface area contributed by atoms with Crippen LogP contribution < -0.4 is 9.79 Å². The van der Waals surface area contributed by atoms with Gasteiger partial charge >= 0.3 is 0 Å². The van der Waals surface area contributed by atoms with Crippen LogP contribution in [-0.2, 0) is 21.9 Å². The van der Waals surface area contributed by atoms with E-state index >= 15 is 0 Å². The second-order valence-electron chi connectivity index (χ2n) is 8.20. The van der Waals surface area contributed by atoms with Gasteiger partial charge in [-0.05, 0) is 61.2 Å². The van der Waals surface area contributed by atoms with Crippen LogP contribution in [-0.4, -0.2) is 36.9 Å². The highest BCUT2D eigenvalue weighted by Crippen LogP contribution is 2.28. The number of aryl methyl sites for hydroxylation is 2. The Morgan fingerprint density at radius 3 is 2.31 bits per heavy atom. The minimum Gasteiger partial charge on any atom is -0.348 e. The maximum Gasteiger partial charge on any atom is 0.243 e. The second-order valence-corrected chi connectivity index (χ2v) is 10.1. The molecule has 32 heavy (non-hydrogen) atoms. The first kappa shape index (κ1) is 23.8. The first-order valence-electron chi connectivity index (χ1n) is 10.8. The molecule has 0 fully saturated rings. The zero-order chi connectivity index (χ0) is 23.3. The molecule has 8 heteroatoms. The van der Waals surface area contributed by atoms with Crippen LogP contribution in [0.5, 0.6) is 0 Å². The highest BCUT2D eigenvalue weighted by molar-refractivity contribution is 7.92. The summed E-state index contributed by atoms with van der Waals surface area (Å²) >= 11 is 0. The number of benzene rings is 2. The van der Waals surface area contributed by atoms with Gasteiger partial charge in [-0.3, -0.25) is 14.3 Å². The number of aromatic nitrogens is 1. The third-order valence-corrected chi connectivity index (χ3v) is 7.01. The van der Waals surface area contributed by atoms with Gasteiger partial charge in [-0.1, -0.05) is 31.0 Å². The van der Waals surface area contributed by atoms with Crippen molar-refractivity contribution in [2.24, 2.45) is 7.05 Å². The zero-order valence-electron chi connectivity index (χ0n) is 18.8. The number of carbonyl (C=O) groups is 1. The van der Waals surface area contributed by atoms with Crippen LogP contribution in [0.2, 0.25) is 0 Å². The smallest absolute Gasteiger partial charge is 0.243 e. The Morgan fingerprint density at radius 1 is 1.00 bits per heavy atom. The van der Waals surface area contributed by atoms with Gasteiger partial charge in [-0.15, -0.1) is 0 Å². The van der Waals surface area contributed by atoms with Crippen molar-refractivity contribution >= 4 is 32.5 Å². The van der Waals surface area contributed by atoms with Gasteiger partial charge in [0, 0.05) is 36.6 Å². The molecule has 0 aliphatic heterocycles. The van der Waals surface area contributed by atoms with E-state index in [1.165, 1.54) is 27.2 Å². The summed E-state index contributed by atoms with van der Waals surface area (Å²) in [5, 5.41) is 9.68. The van der Waals surface area contributed by atoms with Crippen LogP contribution in [0.15, 0.2) is 48.5 Å². The van der Waals surface area contributed by atoms with Crippen molar-refractivity contribution in [1.29, 1.82) is 0 Å². The van der Waals surface area contributed by atoms with Crippen LogP contribution in [0.1, 0.15) is 37.8 Å². The van der Waals surface area contributed by atoms with Gasteiger partial charge in [0.1, 0.15) is 0 Å². The van der Waals surface area contributed by atoms with Gasteiger partial charge in [0.15, 0.2) is 0 Å². The lowest BCUT2D eigenvalue weighted by molar-refractivity contribution is -0.129. The van der Waals surface area contributed by atoms with Crippen molar-refractivity contribution in [1.82, 2.24) is 10.0 Å². The van der Waals surface area contributed by atoms with Gasteiger partial charge in [-0.2, -0.15) is 0 Å². The fraction of sp³-hybridized carbons (Fsp3) is 0.375. The van der Waals surface area contributed by atoms with E-state index in [4.69, 9.17) is 5.21 Å². The molecule has 172 valence electrons. The zero-order valence-corrected chi connectivity index (χ0v) is 19.7. The number of hydrogen-bond acceptors (Lipinski definition) is 4. The van der Waals surface area contributed by atoms with Gasteiger partial charge < -0.3 is 4.57 Å². The Morgan fingerprint density at radius 2 is 1.66 bits per heavy atom. The summed E-state index contributed by atoms with van der Waals surface area (Å²) in [6.07, 6.45) is 4.44. The molecule has 2 N–H and O–H groups in total. The summed E-state index contributed by atoms with van der Waals surface area (Å²) in [7, 11) is -1.35. The molecule has 1 amide bonds. The largest absolute Gasteiger partial charge is 0.348 e. The van der Waals surface area contributed by atoms with Crippen LogP contribution in [0, 0.1) is 6.92 Å². The Hall–Kier alpha value is -2.84. The molecule has 0 spiro atoms. The molecule has 3 aromatic rings. The lowest BCUT2D eigenvalue weighted by atomic mass is 10.0. The molecule has 0 saturated carbocycles. The van der Waals surface area contributed by atoms with Crippen molar-refractivity contribution in [3.8, 4) is 11.1 Å². The summed E-state index contributed by atoms with van der Waals surface area (Å²) in [6, 6.07) is 16.1. The molecule has 0 radical (unpaired) electrons. The van der Waals surface area contributed by atoms with E-state index in [1.54, 1.807) is 5.48 Å². The average molecular weight is 458 g/mol. The van der Waals surface area contributed by atoms with Crippen molar-refractivity contribution in [3.63, 3.8) is 0 Å². The lowest BCUT2D eigenvalue weighted by Crippen LogP contribution is -2.30. The van der Waals surface area contributed by atoms with E-state index < -0.39 is 15.9 Å². The molecule has 0 saturated heterocycles. The van der Waals surface area contributed by atoms with Crippen LogP contribution in [0.4, 0.5) is 5.69 Å². The summed E-state index contributed by atoms with van der Waals surface area (Å²) < 4.78 is 28.3. The predicted molar refractivity (Wildman–Crippen MR) is 128 cm³/mol. The van der Waals surface area contributed by atoms with E-state index in [9.17, 15) is 13.2 Å². The number of nitrogens with zero attached hydrogens (tertiary/aromatic N) is 2. The molecule has 3 rings (SSSR count). The standard InChI is InChI=1S/C24H31N3O4S/c1-18-16-21-17-20(11-14-23(21)26(18)2)19-9-12-22(13-10-19)27(32(3,30)31)15-7-5-4-6-8-24(28)25-29/h9-14,16-17,29H,4-8,15H2,1-3H3,(H,25,28). The Balaban J connectivity index is 1.68. The second kappa shape index (κ2) is 10.2. The molecule has 0 aliphatic rings. The number of carbonyl (C=O) groups excluding carboxylic acids is 1. The summed E-state index contributed by atoms with van der Waals surface area (Å²) in [5.41, 5.74) is 6.77. The van der Waals surface area contributed by atoms with Crippen LogP contribution in [0.3, 0.4) is 0 Å². The molecule has 1 heterocycles. The first-order chi connectivity index (χ1) is 15.2. The number of hydrogen-bond donors (Lipinski definition) is 2. The highest BCUT2D eigenvalue weighted by Gasteiger charge is 2.17. The topological polar surface area (TPSA) is 91.6 Å². The molecule has 0 aliphatic carbocycles. The van der Waals surface area contributed by atoms with Crippen LogP contribution >= 0.6 is 0 Å². The Bertz CT molecular complexity index is 1180. The van der Waals surface area contributed by atoms with Crippen molar-refractivity contribution in [3.05, 3.63) is 54.2 Å². The van der Waals surface area contributed by atoms with Crippen LogP contribution in [0.25, 0.3) is 22.0 Å². The van der Waals surface area contributed by atoms with Gasteiger partial charge in [0.05, 0.1) is 11.9 Å². The van der Waals surface area contributed by atoms with Gasteiger partial charge in [0.2, 0.25) is 15.9 Å². The number of anilines is 1. The normalized spacial score (nSPS) is 11.6. The van der Waals surface area contributed by atoms with Gasteiger partial charge in [-0.25, -0.2) is 13.9 Å². The Kier molecular flexibility index (Phi) is 7.58. The lowest BCUT2D eigenvalue weighted by Gasteiger charge is -2.22. The molecular weight excluding hydrogens is 426 g/mol. The molecule has 2 aromatic carbocycles. The fourth-order valence-corrected chi connectivity index (χ4v) is 4.89.